The van der Waals surface area contributed by atoms with Crippen LogP contribution in [0, 0.1) is 0 Å². The maximum Gasteiger partial charge on any atom is 0.490 e. The lowest BCUT2D eigenvalue weighted by Crippen LogP contribution is -2.70. The number of carbonyl (C=O) groups is 3. The average molecular weight is 616 g/mol. The standard InChI is InChI=1S/C26H35N3O5S.C2HF3O2/c1-19(2)24-27-22(15-35-24)25(32)29-10-13-34-26(18-29)16-28(17-26)9-6-20-4-3-5-21(14-20)7-11-33-12-8-23(30)31;3-2(4,5)1(6)7/h3-5,14-15,19H,6-13,16-18H2,1-2H3,(H,30,31);(H,6,7). The summed E-state index contributed by atoms with van der Waals surface area (Å²) in [6.07, 6.45) is -3.32. The highest BCUT2D eigenvalue weighted by Crippen LogP contribution is 2.30. The third kappa shape index (κ3) is 10.0. The van der Waals surface area contributed by atoms with Gasteiger partial charge in [-0.1, -0.05) is 38.1 Å². The number of benzene rings is 1. The molecule has 1 aromatic heterocycles. The summed E-state index contributed by atoms with van der Waals surface area (Å²) in [7, 11) is 0. The SMILES string of the molecule is CC(C)c1nc(C(=O)N2CCOC3(CN(CCc4cccc(CCOCCC(=O)O)c4)C3)C2)cs1.O=C(O)C(F)(F)F. The van der Waals surface area contributed by atoms with Crippen molar-refractivity contribution >= 4 is 29.2 Å². The Labute approximate surface area is 246 Å². The van der Waals surface area contributed by atoms with Crippen LogP contribution in [0.4, 0.5) is 13.2 Å². The first-order chi connectivity index (χ1) is 19.8. The Hall–Kier alpha value is -3.07. The van der Waals surface area contributed by atoms with Crippen LogP contribution in [-0.4, -0.2) is 107 Å². The van der Waals surface area contributed by atoms with Crippen molar-refractivity contribution in [2.75, 3.05) is 52.5 Å². The molecule has 10 nitrogen and oxygen atoms in total. The molecule has 0 bridgehead atoms. The highest BCUT2D eigenvalue weighted by molar-refractivity contribution is 7.09. The van der Waals surface area contributed by atoms with Gasteiger partial charge in [0, 0.05) is 37.5 Å². The number of hydrogen-bond acceptors (Lipinski definition) is 8. The zero-order chi connectivity index (χ0) is 30.9. The van der Waals surface area contributed by atoms with Crippen molar-refractivity contribution in [2.45, 2.75) is 50.8 Å². The van der Waals surface area contributed by atoms with E-state index in [1.807, 2.05) is 10.3 Å². The van der Waals surface area contributed by atoms with Crippen molar-refractivity contribution in [2.24, 2.45) is 0 Å². The summed E-state index contributed by atoms with van der Waals surface area (Å²) in [5.74, 6) is -3.25. The minimum Gasteiger partial charge on any atom is -0.481 e. The van der Waals surface area contributed by atoms with Gasteiger partial charge < -0.3 is 24.6 Å². The molecule has 2 saturated heterocycles. The number of aromatic nitrogens is 1. The van der Waals surface area contributed by atoms with Crippen LogP contribution in [0.15, 0.2) is 29.6 Å². The fourth-order valence-electron chi connectivity index (χ4n) is 4.63. The van der Waals surface area contributed by atoms with Gasteiger partial charge in [0.15, 0.2) is 0 Å². The van der Waals surface area contributed by atoms with Crippen LogP contribution >= 0.6 is 11.3 Å². The molecule has 0 atom stereocenters. The second-order valence-corrected chi connectivity index (χ2v) is 11.5. The molecule has 1 aromatic carbocycles. The van der Waals surface area contributed by atoms with Crippen LogP contribution in [0.1, 0.15) is 52.8 Å². The topological polar surface area (TPSA) is 130 Å². The lowest BCUT2D eigenvalue weighted by molar-refractivity contribution is -0.192. The van der Waals surface area contributed by atoms with Crippen LogP contribution in [-0.2, 0) is 31.9 Å². The third-order valence-corrected chi connectivity index (χ3v) is 7.89. The quantitative estimate of drug-likeness (QED) is 0.364. The predicted octanol–water partition coefficient (Wildman–Crippen LogP) is 3.70. The molecule has 2 aliphatic heterocycles. The number of carbonyl (C=O) groups excluding carboxylic acids is 1. The number of ether oxygens (including phenoxy) is 2. The van der Waals surface area contributed by atoms with Crippen molar-refractivity contribution in [3.05, 3.63) is 51.5 Å². The van der Waals surface area contributed by atoms with Crippen LogP contribution in [0.5, 0.6) is 0 Å². The number of morpholine rings is 1. The summed E-state index contributed by atoms with van der Waals surface area (Å²) in [5.41, 5.74) is 2.77. The van der Waals surface area contributed by atoms with Crippen molar-refractivity contribution in [3.8, 4) is 0 Å². The molecule has 14 heteroatoms. The van der Waals surface area contributed by atoms with E-state index < -0.39 is 18.1 Å². The summed E-state index contributed by atoms with van der Waals surface area (Å²) >= 11 is 1.56. The molecule has 232 valence electrons. The van der Waals surface area contributed by atoms with E-state index in [2.05, 4.69) is 48.0 Å². The number of rotatable bonds is 11. The highest BCUT2D eigenvalue weighted by atomic mass is 32.1. The summed E-state index contributed by atoms with van der Waals surface area (Å²) in [5, 5.41) is 18.7. The van der Waals surface area contributed by atoms with E-state index >= 15 is 0 Å². The fourth-order valence-corrected chi connectivity index (χ4v) is 5.44. The molecule has 1 spiro atoms. The van der Waals surface area contributed by atoms with Gasteiger partial charge in [0.05, 0.1) is 37.8 Å². The van der Waals surface area contributed by atoms with Crippen molar-refractivity contribution < 1.29 is 47.2 Å². The maximum atomic E-state index is 13.0. The monoisotopic (exact) mass is 615 g/mol. The first-order valence-corrected chi connectivity index (χ1v) is 14.4. The molecule has 0 aliphatic carbocycles. The molecule has 0 radical (unpaired) electrons. The van der Waals surface area contributed by atoms with Gasteiger partial charge in [0.25, 0.3) is 5.91 Å². The van der Waals surface area contributed by atoms with E-state index in [1.165, 1.54) is 11.1 Å². The number of nitrogens with zero attached hydrogens (tertiary/aromatic N) is 3. The predicted molar refractivity (Wildman–Crippen MR) is 148 cm³/mol. The number of alkyl halides is 3. The Morgan fingerprint density at radius 2 is 1.79 bits per heavy atom. The lowest BCUT2D eigenvalue weighted by Gasteiger charge is -2.54. The summed E-state index contributed by atoms with van der Waals surface area (Å²) in [4.78, 5) is 41.3. The van der Waals surface area contributed by atoms with Gasteiger partial charge in [-0.05, 0) is 24.0 Å². The Balaban J connectivity index is 0.000000616. The van der Waals surface area contributed by atoms with Gasteiger partial charge in [0.2, 0.25) is 0 Å². The molecule has 42 heavy (non-hydrogen) atoms. The van der Waals surface area contributed by atoms with Gasteiger partial charge in [-0.15, -0.1) is 11.3 Å². The van der Waals surface area contributed by atoms with E-state index in [-0.39, 0.29) is 24.5 Å². The van der Waals surface area contributed by atoms with E-state index in [4.69, 9.17) is 24.5 Å². The molecule has 2 aliphatic rings. The van der Waals surface area contributed by atoms with Crippen LogP contribution < -0.4 is 0 Å². The molecular formula is C28H36F3N3O7S. The third-order valence-electron chi connectivity index (χ3n) is 6.74. The fraction of sp³-hybridized carbons (Fsp3) is 0.571. The number of amides is 1. The van der Waals surface area contributed by atoms with E-state index in [0.717, 1.165) is 37.5 Å². The molecule has 0 saturated carbocycles. The van der Waals surface area contributed by atoms with Crippen molar-refractivity contribution in [1.29, 1.82) is 0 Å². The number of aliphatic carboxylic acids is 2. The average Bonchev–Trinajstić information content (AvgIpc) is 3.41. The summed E-state index contributed by atoms with van der Waals surface area (Å²) in [6, 6.07) is 8.49. The normalized spacial score (nSPS) is 16.6. The second-order valence-electron chi connectivity index (χ2n) is 10.6. The highest BCUT2D eigenvalue weighted by Gasteiger charge is 2.48. The first kappa shape index (κ1) is 33.4. The van der Waals surface area contributed by atoms with Gasteiger partial charge in [-0.3, -0.25) is 14.5 Å². The minimum absolute atomic E-state index is 0.0121. The molecule has 1 amide bonds. The number of hydrogen-bond donors (Lipinski definition) is 2. The number of thiazole rings is 1. The molecule has 2 aromatic rings. The van der Waals surface area contributed by atoms with Crippen LogP contribution in [0.2, 0.25) is 0 Å². The van der Waals surface area contributed by atoms with Gasteiger partial charge in [0.1, 0.15) is 11.3 Å². The Morgan fingerprint density at radius 3 is 2.38 bits per heavy atom. The van der Waals surface area contributed by atoms with Crippen molar-refractivity contribution in [3.63, 3.8) is 0 Å². The molecule has 4 rings (SSSR count). The summed E-state index contributed by atoms with van der Waals surface area (Å²) < 4.78 is 43.3. The second kappa shape index (κ2) is 14.9. The number of carboxylic acid groups (broad SMARTS) is 2. The van der Waals surface area contributed by atoms with Gasteiger partial charge in [-0.2, -0.15) is 13.2 Å². The Bertz CT molecular complexity index is 1220. The van der Waals surface area contributed by atoms with E-state index in [1.54, 1.807) is 11.3 Å². The zero-order valence-electron chi connectivity index (χ0n) is 23.6. The molecular weight excluding hydrogens is 579 g/mol. The Morgan fingerprint density at radius 1 is 1.12 bits per heavy atom. The minimum atomic E-state index is -5.08. The van der Waals surface area contributed by atoms with Crippen molar-refractivity contribution in [1.82, 2.24) is 14.8 Å². The molecule has 2 fully saturated rings. The zero-order valence-corrected chi connectivity index (χ0v) is 24.4. The molecule has 0 unspecified atom stereocenters. The number of carboxylic acids is 2. The van der Waals surface area contributed by atoms with Gasteiger partial charge in [-0.25, -0.2) is 9.78 Å². The maximum absolute atomic E-state index is 13.0. The number of halogens is 3. The van der Waals surface area contributed by atoms with Gasteiger partial charge >= 0.3 is 18.1 Å². The van der Waals surface area contributed by atoms with E-state index in [0.29, 0.717) is 37.9 Å². The lowest BCUT2D eigenvalue weighted by atomic mass is 9.91. The molecule has 3 heterocycles. The summed E-state index contributed by atoms with van der Waals surface area (Å²) in [6.45, 7) is 9.38. The Kier molecular flexibility index (Phi) is 11.9. The van der Waals surface area contributed by atoms with Crippen LogP contribution in [0.3, 0.4) is 0 Å². The molecule has 2 N–H and O–H groups in total. The van der Waals surface area contributed by atoms with E-state index in [9.17, 15) is 22.8 Å². The van der Waals surface area contributed by atoms with Crippen LogP contribution in [0.25, 0.3) is 0 Å². The first-order valence-electron chi connectivity index (χ1n) is 13.6. The largest absolute Gasteiger partial charge is 0.490 e. The number of likely N-dealkylation sites (tertiary alicyclic amines) is 1. The smallest absolute Gasteiger partial charge is 0.481 e.